The molecule has 3 heterocycles. The zero-order valence-electron chi connectivity index (χ0n) is 15.8. The first-order valence-electron chi connectivity index (χ1n) is 8.70. The van der Waals surface area contributed by atoms with Crippen molar-refractivity contribution in [1.29, 1.82) is 0 Å². The number of halogens is 2. The largest absolute Gasteiger partial charge is 0.469 e. The first-order valence-corrected chi connectivity index (χ1v) is 11.3. The highest BCUT2D eigenvalue weighted by Gasteiger charge is 2.16. The molecule has 0 aliphatic carbocycles. The van der Waals surface area contributed by atoms with Crippen LogP contribution < -0.4 is 5.32 Å². The van der Waals surface area contributed by atoms with Crippen LogP contribution in [0.15, 0.2) is 45.5 Å². The van der Waals surface area contributed by atoms with E-state index < -0.39 is 0 Å². The lowest BCUT2D eigenvalue weighted by atomic mass is 10.2. The SMILES string of the molecule is Cc1occc1-c1nnc(SCC(=O)Nc2nc(-c3ccc(Cl)c(Cl)c3)cs2)n1C. The number of hydrogen-bond donors (Lipinski definition) is 1. The van der Waals surface area contributed by atoms with Crippen molar-refractivity contribution in [3.8, 4) is 22.6 Å². The molecule has 0 unspecified atom stereocenters. The summed E-state index contributed by atoms with van der Waals surface area (Å²) in [4.78, 5) is 16.8. The predicted molar refractivity (Wildman–Crippen MR) is 120 cm³/mol. The first kappa shape index (κ1) is 20.9. The fourth-order valence-electron chi connectivity index (χ4n) is 2.70. The molecule has 11 heteroatoms. The summed E-state index contributed by atoms with van der Waals surface area (Å²) in [5.74, 6) is 1.45. The normalized spacial score (nSPS) is 11.1. The summed E-state index contributed by atoms with van der Waals surface area (Å²) in [5.41, 5.74) is 2.42. The van der Waals surface area contributed by atoms with Crippen LogP contribution in [-0.2, 0) is 11.8 Å². The van der Waals surface area contributed by atoms with E-state index in [1.54, 1.807) is 18.4 Å². The van der Waals surface area contributed by atoms with E-state index in [2.05, 4.69) is 20.5 Å². The van der Waals surface area contributed by atoms with Gasteiger partial charge in [-0.15, -0.1) is 21.5 Å². The number of carbonyl (C=O) groups is 1. The lowest BCUT2D eigenvalue weighted by Gasteiger charge is -2.03. The number of aryl methyl sites for hydroxylation is 1. The molecule has 1 amide bonds. The van der Waals surface area contributed by atoms with Gasteiger partial charge in [0.05, 0.1) is 33.3 Å². The van der Waals surface area contributed by atoms with Crippen molar-refractivity contribution in [2.24, 2.45) is 7.05 Å². The monoisotopic (exact) mass is 479 g/mol. The average molecular weight is 480 g/mol. The van der Waals surface area contributed by atoms with Crippen molar-refractivity contribution in [3.05, 3.63) is 51.7 Å². The molecule has 0 aliphatic heterocycles. The van der Waals surface area contributed by atoms with E-state index >= 15 is 0 Å². The Balaban J connectivity index is 1.38. The Morgan fingerprint density at radius 3 is 2.83 bits per heavy atom. The van der Waals surface area contributed by atoms with E-state index in [1.165, 1.54) is 23.1 Å². The first-order chi connectivity index (χ1) is 14.4. The Morgan fingerprint density at radius 1 is 1.27 bits per heavy atom. The van der Waals surface area contributed by atoms with E-state index in [-0.39, 0.29) is 11.7 Å². The highest BCUT2D eigenvalue weighted by Crippen LogP contribution is 2.31. The van der Waals surface area contributed by atoms with Crippen LogP contribution in [-0.4, -0.2) is 31.4 Å². The van der Waals surface area contributed by atoms with Crippen LogP contribution in [0.1, 0.15) is 5.76 Å². The summed E-state index contributed by atoms with van der Waals surface area (Å²) in [6.07, 6.45) is 1.61. The molecule has 1 aromatic carbocycles. The Labute approximate surface area is 190 Å². The van der Waals surface area contributed by atoms with Crippen molar-refractivity contribution in [2.45, 2.75) is 12.1 Å². The number of amides is 1. The average Bonchev–Trinajstić information content (AvgIpc) is 3.43. The van der Waals surface area contributed by atoms with Gasteiger partial charge in [-0.25, -0.2) is 4.98 Å². The van der Waals surface area contributed by atoms with Crippen molar-refractivity contribution in [3.63, 3.8) is 0 Å². The van der Waals surface area contributed by atoms with Gasteiger partial charge < -0.3 is 14.3 Å². The smallest absolute Gasteiger partial charge is 0.236 e. The second-order valence-corrected chi connectivity index (χ2v) is 8.87. The third-order valence-electron chi connectivity index (χ3n) is 4.23. The zero-order chi connectivity index (χ0) is 21.3. The summed E-state index contributed by atoms with van der Waals surface area (Å²) in [6.45, 7) is 1.87. The molecule has 7 nitrogen and oxygen atoms in total. The number of nitrogens with zero attached hydrogens (tertiary/aromatic N) is 4. The van der Waals surface area contributed by atoms with Crippen molar-refractivity contribution < 1.29 is 9.21 Å². The van der Waals surface area contributed by atoms with Gasteiger partial charge in [0.1, 0.15) is 5.76 Å². The van der Waals surface area contributed by atoms with Crippen LogP contribution in [0.3, 0.4) is 0 Å². The van der Waals surface area contributed by atoms with E-state index in [4.69, 9.17) is 27.6 Å². The fraction of sp³-hybridized carbons (Fsp3) is 0.158. The molecule has 0 fully saturated rings. The molecule has 0 spiro atoms. The van der Waals surface area contributed by atoms with Gasteiger partial charge >= 0.3 is 0 Å². The molecule has 3 aromatic heterocycles. The fourth-order valence-corrected chi connectivity index (χ4v) is 4.44. The van der Waals surface area contributed by atoms with Crippen molar-refractivity contribution >= 4 is 57.3 Å². The lowest BCUT2D eigenvalue weighted by Crippen LogP contribution is -2.14. The molecular formula is C19H15Cl2N5O2S2. The minimum atomic E-state index is -0.181. The number of aromatic nitrogens is 4. The number of thioether (sulfide) groups is 1. The standard InChI is InChI=1S/C19H15Cl2N5O2S2/c1-10-12(5-6-28-10)17-24-25-19(26(17)2)30-9-16(27)23-18-22-15(8-29-18)11-3-4-13(20)14(21)7-11/h3-8H,9H2,1-2H3,(H,22,23,27). The number of benzene rings is 1. The van der Waals surface area contributed by atoms with Crippen LogP contribution in [0.5, 0.6) is 0 Å². The summed E-state index contributed by atoms with van der Waals surface area (Å²) in [5, 5.41) is 15.1. The minimum absolute atomic E-state index is 0.179. The second kappa shape index (κ2) is 8.81. The van der Waals surface area contributed by atoms with Gasteiger partial charge in [-0.3, -0.25) is 4.79 Å². The number of rotatable bonds is 6. The van der Waals surface area contributed by atoms with Gasteiger partial charge in [-0.1, -0.05) is 41.0 Å². The molecule has 0 aliphatic rings. The molecule has 30 heavy (non-hydrogen) atoms. The molecule has 0 saturated heterocycles. The predicted octanol–water partition coefficient (Wildman–Crippen LogP) is 5.54. The van der Waals surface area contributed by atoms with Crippen molar-refractivity contribution in [2.75, 3.05) is 11.1 Å². The number of nitrogens with one attached hydrogen (secondary N) is 1. The summed E-state index contributed by atoms with van der Waals surface area (Å²) in [7, 11) is 1.85. The second-order valence-electron chi connectivity index (χ2n) is 6.26. The summed E-state index contributed by atoms with van der Waals surface area (Å²) < 4.78 is 7.16. The summed E-state index contributed by atoms with van der Waals surface area (Å²) >= 11 is 14.7. The number of furan rings is 1. The molecule has 0 bridgehead atoms. The Hall–Kier alpha value is -2.33. The van der Waals surface area contributed by atoms with Crippen LogP contribution in [0.2, 0.25) is 10.0 Å². The van der Waals surface area contributed by atoms with E-state index in [0.717, 1.165) is 22.6 Å². The van der Waals surface area contributed by atoms with E-state index in [1.807, 2.05) is 36.1 Å². The van der Waals surface area contributed by atoms with E-state index in [0.29, 0.717) is 26.2 Å². The van der Waals surface area contributed by atoms with Gasteiger partial charge in [0.25, 0.3) is 0 Å². The van der Waals surface area contributed by atoms with Gasteiger partial charge in [0, 0.05) is 18.0 Å². The van der Waals surface area contributed by atoms with Crippen molar-refractivity contribution in [1.82, 2.24) is 19.7 Å². The van der Waals surface area contributed by atoms with Crippen LogP contribution in [0.25, 0.3) is 22.6 Å². The zero-order valence-corrected chi connectivity index (χ0v) is 19.0. The molecule has 0 saturated carbocycles. The van der Waals surface area contributed by atoms with Crippen LogP contribution >= 0.6 is 46.3 Å². The molecule has 0 atom stereocenters. The Bertz CT molecular complexity index is 1220. The molecule has 154 valence electrons. The molecule has 1 N–H and O–H groups in total. The number of hydrogen-bond acceptors (Lipinski definition) is 7. The number of thiazole rings is 1. The lowest BCUT2D eigenvalue weighted by molar-refractivity contribution is -0.113. The van der Waals surface area contributed by atoms with Gasteiger partial charge in [-0.05, 0) is 25.1 Å². The maximum atomic E-state index is 12.4. The molecular weight excluding hydrogens is 465 g/mol. The molecule has 4 rings (SSSR count). The van der Waals surface area contributed by atoms with Gasteiger partial charge in [-0.2, -0.15) is 0 Å². The van der Waals surface area contributed by atoms with Crippen LogP contribution in [0, 0.1) is 6.92 Å². The quantitative estimate of drug-likeness (QED) is 0.365. The number of anilines is 1. The Kier molecular flexibility index (Phi) is 6.14. The topological polar surface area (TPSA) is 85.8 Å². The minimum Gasteiger partial charge on any atom is -0.469 e. The summed E-state index contributed by atoms with van der Waals surface area (Å²) in [6, 6.07) is 7.13. The molecule has 0 radical (unpaired) electrons. The Morgan fingerprint density at radius 2 is 2.10 bits per heavy atom. The third-order valence-corrected chi connectivity index (χ3v) is 6.75. The molecule has 4 aromatic rings. The number of carbonyl (C=O) groups excluding carboxylic acids is 1. The maximum absolute atomic E-state index is 12.4. The highest BCUT2D eigenvalue weighted by molar-refractivity contribution is 7.99. The van der Waals surface area contributed by atoms with E-state index in [9.17, 15) is 4.79 Å². The van der Waals surface area contributed by atoms with Crippen LogP contribution in [0.4, 0.5) is 5.13 Å². The van der Waals surface area contributed by atoms with Gasteiger partial charge in [0.2, 0.25) is 5.91 Å². The maximum Gasteiger partial charge on any atom is 0.236 e. The third kappa shape index (κ3) is 4.39. The highest BCUT2D eigenvalue weighted by atomic mass is 35.5. The van der Waals surface area contributed by atoms with Gasteiger partial charge in [0.15, 0.2) is 16.1 Å².